The predicted octanol–water partition coefficient (Wildman–Crippen LogP) is 4.02. The van der Waals surface area contributed by atoms with Crippen molar-refractivity contribution in [2.45, 2.75) is 45.4 Å². The highest BCUT2D eigenvalue weighted by molar-refractivity contribution is 7.89. The lowest BCUT2D eigenvalue weighted by molar-refractivity contribution is -0.384. The van der Waals surface area contributed by atoms with Crippen LogP contribution >= 0.6 is 0 Å². The Hall–Kier alpha value is -2.26. The zero-order chi connectivity index (χ0) is 21.4. The first kappa shape index (κ1) is 21.4. The smallest absolute Gasteiger partial charge is 0.272 e. The maximum absolute atomic E-state index is 12.6. The molecule has 0 spiro atoms. The number of hydrogen-bond donors (Lipinski definition) is 1. The Morgan fingerprint density at radius 2 is 2.03 bits per heavy atom. The van der Waals surface area contributed by atoms with E-state index in [-0.39, 0.29) is 21.7 Å². The Bertz CT molecular complexity index is 965. The molecule has 8 nitrogen and oxygen atoms in total. The van der Waals surface area contributed by atoms with Crippen LogP contribution in [-0.4, -0.2) is 37.0 Å². The van der Waals surface area contributed by atoms with Crippen LogP contribution in [0.4, 0.5) is 11.4 Å². The van der Waals surface area contributed by atoms with Crippen molar-refractivity contribution in [2.24, 2.45) is 22.4 Å². The second-order valence-electron chi connectivity index (χ2n) is 8.14. The molecule has 1 N–H and O–H groups in total. The summed E-state index contributed by atoms with van der Waals surface area (Å²) < 4.78 is 26.6. The van der Waals surface area contributed by atoms with Crippen molar-refractivity contribution in [2.75, 3.05) is 18.5 Å². The Morgan fingerprint density at radius 3 is 2.59 bits per heavy atom. The van der Waals surface area contributed by atoms with Gasteiger partial charge >= 0.3 is 0 Å². The number of hydrogen-bond acceptors (Lipinski definition) is 6. The predicted molar refractivity (Wildman–Crippen MR) is 113 cm³/mol. The van der Waals surface area contributed by atoms with Gasteiger partial charge in [0.15, 0.2) is 0 Å². The molecule has 0 amide bonds. The minimum atomic E-state index is -3.77. The highest BCUT2D eigenvalue weighted by atomic mass is 32.2. The zero-order valence-electron chi connectivity index (χ0n) is 17.3. The summed E-state index contributed by atoms with van der Waals surface area (Å²) in [4.78, 5) is 10.8. The molecule has 1 fully saturated rings. The lowest BCUT2D eigenvalue weighted by Gasteiger charge is -2.55. The first-order valence-corrected chi connectivity index (χ1v) is 11.3. The molecule has 2 atom stereocenters. The second kappa shape index (κ2) is 7.87. The molecular weight excluding hydrogens is 392 g/mol. The topological polar surface area (TPSA) is 105 Å². The Morgan fingerprint density at radius 1 is 1.34 bits per heavy atom. The van der Waals surface area contributed by atoms with Crippen LogP contribution in [0.25, 0.3) is 0 Å². The van der Waals surface area contributed by atoms with E-state index < -0.39 is 14.9 Å². The van der Waals surface area contributed by atoms with Crippen molar-refractivity contribution in [3.05, 3.63) is 40.0 Å². The fourth-order valence-corrected chi connectivity index (χ4v) is 5.83. The van der Waals surface area contributed by atoms with E-state index in [0.717, 1.165) is 30.4 Å². The van der Waals surface area contributed by atoms with E-state index >= 15 is 0 Å². The van der Waals surface area contributed by atoms with Gasteiger partial charge in [0.05, 0.1) is 16.0 Å². The molecule has 1 saturated carbocycles. The lowest BCUT2D eigenvalue weighted by Crippen LogP contribution is -2.48. The number of nitro groups is 1. The Labute approximate surface area is 171 Å². The van der Waals surface area contributed by atoms with Crippen LogP contribution in [0.15, 0.2) is 39.8 Å². The molecule has 158 valence electrons. The van der Waals surface area contributed by atoms with Gasteiger partial charge in [-0.15, -0.1) is 0 Å². The van der Waals surface area contributed by atoms with Crippen LogP contribution in [0.5, 0.6) is 0 Å². The minimum Gasteiger partial charge on any atom is -0.272 e. The second-order valence-corrected chi connectivity index (χ2v) is 10.1. The van der Waals surface area contributed by atoms with Gasteiger partial charge in [-0.25, -0.2) is 8.42 Å². The van der Waals surface area contributed by atoms with Crippen molar-refractivity contribution in [1.29, 1.82) is 0 Å². The number of allylic oxidation sites excluding steroid dienone is 2. The van der Waals surface area contributed by atoms with Crippen LogP contribution in [-0.2, 0) is 10.0 Å². The van der Waals surface area contributed by atoms with Crippen molar-refractivity contribution < 1.29 is 13.3 Å². The van der Waals surface area contributed by atoms with Crippen LogP contribution in [0.3, 0.4) is 0 Å². The molecule has 0 saturated heterocycles. The summed E-state index contributed by atoms with van der Waals surface area (Å²) in [7, 11) is -3.77. The molecule has 0 radical (unpaired) electrons. The third kappa shape index (κ3) is 3.81. The number of hydrazone groups is 1. The maximum Gasteiger partial charge on any atom is 0.295 e. The Balaban J connectivity index is 1.82. The number of nitrogens with zero attached hydrogens (tertiary/aromatic N) is 3. The summed E-state index contributed by atoms with van der Waals surface area (Å²) in [5, 5.41) is 15.7. The molecule has 2 bridgehead atoms. The maximum atomic E-state index is 12.6. The van der Waals surface area contributed by atoms with Gasteiger partial charge in [0, 0.05) is 19.2 Å². The molecular formula is C20H28N4O4S. The standard InChI is InChI=1S/C20H28N4O4S/c1-5-23(6-2)29(27,28)16-9-10-18(19(12-16)24(25)26)22-21-13-14-7-8-15-11-17(14)20(15,3)4/h7,9-10,12-13,15,17,22H,5-6,8,11H2,1-4H3/b21-13+. The summed E-state index contributed by atoms with van der Waals surface area (Å²) in [6, 6.07) is 3.85. The average molecular weight is 421 g/mol. The first-order valence-electron chi connectivity index (χ1n) is 9.90. The number of anilines is 1. The van der Waals surface area contributed by atoms with Gasteiger partial charge in [-0.2, -0.15) is 9.41 Å². The highest BCUT2D eigenvalue weighted by Crippen LogP contribution is 2.58. The number of rotatable bonds is 8. The van der Waals surface area contributed by atoms with Crippen LogP contribution in [0.2, 0.25) is 0 Å². The number of fused-ring (bicyclic) bond motifs is 1. The number of nitro benzene ring substituents is 1. The van der Waals surface area contributed by atoms with Gasteiger partial charge in [-0.05, 0) is 47.8 Å². The molecule has 9 heteroatoms. The molecule has 3 aliphatic carbocycles. The molecule has 4 rings (SSSR count). The number of sulfonamides is 1. The fourth-order valence-electron chi connectivity index (χ4n) is 4.35. The van der Waals surface area contributed by atoms with E-state index in [2.05, 4.69) is 30.5 Å². The van der Waals surface area contributed by atoms with Crippen molar-refractivity contribution >= 4 is 27.6 Å². The molecule has 0 aliphatic heterocycles. The molecule has 29 heavy (non-hydrogen) atoms. The summed E-state index contributed by atoms with van der Waals surface area (Å²) in [5.74, 6) is 1.18. The third-order valence-electron chi connectivity index (χ3n) is 6.42. The third-order valence-corrected chi connectivity index (χ3v) is 8.46. The van der Waals surface area contributed by atoms with Crippen LogP contribution in [0.1, 0.15) is 40.5 Å². The molecule has 3 aliphatic rings. The van der Waals surface area contributed by atoms with Gasteiger partial charge in [-0.3, -0.25) is 15.5 Å². The monoisotopic (exact) mass is 420 g/mol. The van der Waals surface area contributed by atoms with E-state index in [9.17, 15) is 18.5 Å². The largest absolute Gasteiger partial charge is 0.295 e. The summed E-state index contributed by atoms with van der Waals surface area (Å²) in [5.41, 5.74) is 3.97. The van der Waals surface area contributed by atoms with E-state index in [1.807, 2.05) is 0 Å². The number of nitrogens with one attached hydrogen (secondary N) is 1. The van der Waals surface area contributed by atoms with Gasteiger partial charge in [-0.1, -0.05) is 33.8 Å². The quantitative estimate of drug-likeness (QED) is 0.388. The summed E-state index contributed by atoms with van der Waals surface area (Å²) in [6.07, 6.45) is 6.10. The SMILES string of the molecule is CCN(CC)S(=O)(=O)c1ccc(N/N=C/C2=CCC3CC2C3(C)C)c([N+](=O)[O-])c1. The van der Waals surface area contributed by atoms with E-state index in [4.69, 9.17) is 0 Å². The molecule has 0 heterocycles. The number of benzene rings is 1. The summed E-state index contributed by atoms with van der Waals surface area (Å²) in [6.45, 7) is 8.58. The van der Waals surface area contributed by atoms with Crippen molar-refractivity contribution in [1.82, 2.24) is 4.31 Å². The lowest BCUT2D eigenvalue weighted by atomic mass is 9.49. The van der Waals surface area contributed by atoms with E-state index in [1.54, 1.807) is 20.1 Å². The van der Waals surface area contributed by atoms with Crippen molar-refractivity contribution in [3.63, 3.8) is 0 Å². The molecule has 1 aromatic carbocycles. The fraction of sp³-hybridized carbons (Fsp3) is 0.550. The highest BCUT2D eigenvalue weighted by Gasteiger charge is 2.50. The zero-order valence-corrected chi connectivity index (χ0v) is 18.1. The summed E-state index contributed by atoms with van der Waals surface area (Å²) >= 11 is 0. The Kier molecular flexibility index (Phi) is 5.82. The van der Waals surface area contributed by atoms with E-state index in [1.165, 1.54) is 16.4 Å². The van der Waals surface area contributed by atoms with Crippen LogP contribution in [0, 0.1) is 27.4 Å². The minimum absolute atomic E-state index is 0.0975. The molecule has 0 aromatic heterocycles. The molecule has 2 unspecified atom stereocenters. The molecule has 1 aromatic rings. The normalized spacial score (nSPS) is 23.0. The first-order chi connectivity index (χ1) is 13.6. The van der Waals surface area contributed by atoms with E-state index in [0.29, 0.717) is 19.0 Å². The van der Waals surface area contributed by atoms with Gasteiger partial charge in [0.25, 0.3) is 5.69 Å². The van der Waals surface area contributed by atoms with Gasteiger partial charge < -0.3 is 0 Å². The van der Waals surface area contributed by atoms with Crippen LogP contribution < -0.4 is 5.43 Å². The van der Waals surface area contributed by atoms with Crippen molar-refractivity contribution in [3.8, 4) is 0 Å². The van der Waals surface area contributed by atoms with Gasteiger partial charge in [0.2, 0.25) is 10.0 Å². The van der Waals surface area contributed by atoms with Gasteiger partial charge in [0.1, 0.15) is 5.69 Å². The average Bonchev–Trinajstić information content (AvgIpc) is 2.68.